The molecule has 1 amide bonds. The molecule has 0 aliphatic carbocycles. The van der Waals surface area contributed by atoms with E-state index in [1.54, 1.807) is 21.7 Å². The van der Waals surface area contributed by atoms with E-state index in [-0.39, 0.29) is 18.1 Å². The Labute approximate surface area is 91.9 Å². The van der Waals surface area contributed by atoms with Gasteiger partial charge in [-0.1, -0.05) is 0 Å². The number of methoxy groups -OCH3 is 1. The van der Waals surface area contributed by atoms with Crippen molar-refractivity contribution in [2.75, 3.05) is 20.2 Å². The van der Waals surface area contributed by atoms with E-state index in [1.165, 1.54) is 7.11 Å². The highest BCUT2D eigenvalue weighted by Gasteiger charge is 2.35. The van der Waals surface area contributed by atoms with Gasteiger partial charge in [-0.15, -0.1) is 11.3 Å². The largest absolute Gasteiger partial charge is 0.453 e. The second-order valence-electron chi connectivity index (χ2n) is 3.55. The van der Waals surface area contributed by atoms with Crippen molar-refractivity contribution in [2.45, 2.75) is 12.0 Å². The smallest absolute Gasteiger partial charge is 0.409 e. The Morgan fingerprint density at radius 2 is 2.53 bits per heavy atom. The number of thiazole rings is 1. The maximum atomic E-state index is 11.3. The third kappa shape index (κ3) is 1.95. The zero-order valence-electron chi connectivity index (χ0n) is 8.42. The van der Waals surface area contributed by atoms with E-state index in [4.69, 9.17) is 5.73 Å². The van der Waals surface area contributed by atoms with Gasteiger partial charge in [0.2, 0.25) is 0 Å². The Morgan fingerprint density at radius 1 is 1.73 bits per heavy atom. The summed E-state index contributed by atoms with van der Waals surface area (Å²) < 4.78 is 4.67. The highest BCUT2D eigenvalue weighted by Crippen LogP contribution is 2.28. The van der Waals surface area contributed by atoms with E-state index in [2.05, 4.69) is 9.72 Å². The van der Waals surface area contributed by atoms with E-state index in [1.807, 2.05) is 6.20 Å². The van der Waals surface area contributed by atoms with Crippen LogP contribution < -0.4 is 5.73 Å². The van der Waals surface area contributed by atoms with E-state index in [0.29, 0.717) is 13.1 Å². The molecular weight excluding hydrogens is 214 g/mol. The number of hydrogen-bond acceptors (Lipinski definition) is 5. The number of carbonyl (C=O) groups is 1. The molecule has 82 valence electrons. The van der Waals surface area contributed by atoms with Crippen molar-refractivity contribution in [3.05, 3.63) is 16.6 Å². The van der Waals surface area contributed by atoms with Gasteiger partial charge in [0, 0.05) is 36.1 Å². The number of amides is 1. The zero-order chi connectivity index (χ0) is 10.8. The molecule has 1 fully saturated rings. The van der Waals surface area contributed by atoms with Gasteiger partial charge >= 0.3 is 6.09 Å². The maximum absolute atomic E-state index is 11.3. The van der Waals surface area contributed by atoms with Crippen molar-refractivity contribution in [2.24, 2.45) is 5.73 Å². The lowest BCUT2D eigenvalue weighted by Crippen LogP contribution is -2.31. The van der Waals surface area contributed by atoms with Gasteiger partial charge in [0.05, 0.1) is 12.6 Å². The van der Waals surface area contributed by atoms with Gasteiger partial charge < -0.3 is 15.4 Å². The molecule has 15 heavy (non-hydrogen) atoms. The first-order valence-corrected chi connectivity index (χ1v) is 5.57. The first-order chi connectivity index (χ1) is 7.22. The van der Waals surface area contributed by atoms with E-state index < -0.39 is 0 Å². The molecule has 0 radical (unpaired) electrons. The predicted octanol–water partition coefficient (Wildman–Crippen LogP) is 0.636. The fraction of sp³-hybridized carbons (Fsp3) is 0.556. The van der Waals surface area contributed by atoms with E-state index >= 15 is 0 Å². The number of nitrogens with two attached hydrogens (primary N) is 1. The molecule has 2 atom stereocenters. The van der Waals surface area contributed by atoms with Crippen LogP contribution in [0.3, 0.4) is 0 Å². The van der Waals surface area contributed by atoms with E-state index in [9.17, 15) is 4.79 Å². The van der Waals surface area contributed by atoms with Crippen LogP contribution in [0.25, 0.3) is 0 Å². The summed E-state index contributed by atoms with van der Waals surface area (Å²) >= 11 is 1.58. The van der Waals surface area contributed by atoms with Crippen molar-refractivity contribution in [3.8, 4) is 0 Å². The lowest BCUT2D eigenvalue weighted by atomic mass is 10.0. The minimum absolute atomic E-state index is 0.0236. The molecule has 0 bridgehead atoms. The van der Waals surface area contributed by atoms with Gasteiger partial charge in [0.15, 0.2) is 0 Å². The topological polar surface area (TPSA) is 68.5 Å². The molecule has 0 aromatic carbocycles. The van der Waals surface area contributed by atoms with Crippen LogP contribution in [0, 0.1) is 0 Å². The van der Waals surface area contributed by atoms with Crippen molar-refractivity contribution in [3.63, 3.8) is 0 Å². The van der Waals surface area contributed by atoms with Crippen LogP contribution in [0.5, 0.6) is 0 Å². The van der Waals surface area contributed by atoms with Gasteiger partial charge in [-0.3, -0.25) is 4.98 Å². The van der Waals surface area contributed by atoms with Gasteiger partial charge in [-0.05, 0) is 0 Å². The summed E-state index contributed by atoms with van der Waals surface area (Å²) in [7, 11) is 1.38. The number of hydrogen-bond donors (Lipinski definition) is 1. The standard InChI is InChI=1S/C9H13N3O2S/c1-14-9(13)12-3-6(7(10)4-12)8-2-11-5-15-8/h2,5-7H,3-4,10H2,1H3. The summed E-state index contributed by atoms with van der Waals surface area (Å²) in [5.74, 6) is 0.191. The normalized spacial score (nSPS) is 25.6. The molecular formula is C9H13N3O2S. The Balaban J connectivity index is 2.08. The number of rotatable bonds is 1. The number of carbonyl (C=O) groups excluding carboxylic acids is 1. The van der Waals surface area contributed by atoms with Gasteiger partial charge in [-0.2, -0.15) is 0 Å². The minimum atomic E-state index is -0.308. The number of ether oxygens (including phenoxy) is 1. The van der Waals surface area contributed by atoms with Crippen LogP contribution in [0.1, 0.15) is 10.8 Å². The summed E-state index contributed by atoms with van der Waals surface area (Å²) in [5.41, 5.74) is 7.76. The minimum Gasteiger partial charge on any atom is -0.453 e. The molecule has 5 nitrogen and oxygen atoms in total. The molecule has 1 saturated heterocycles. The second kappa shape index (κ2) is 4.16. The summed E-state index contributed by atoms with van der Waals surface area (Å²) in [6.07, 6.45) is 1.51. The number of nitrogens with zero attached hydrogens (tertiary/aromatic N) is 2. The first-order valence-electron chi connectivity index (χ1n) is 4.69. The Bertz CT molecular complexity index is 341. The number of likely N-dealkylation sites (tertiary alicyclic amines) is 1. The van der Waals surface area contributed by atoms with Crippen molar-refractivity contribution >= 4 is 17.4 Å². The van der Waals surface area contributed by atoms with Crippen molar-refractivity contribution in [1.82, 2.24) is 9.88 Å². The Morgan fingerprint density at radius 3 is 3.13 bits per heavy atom. The quantitative estimate of drug-likeness (QED) is 0.764. The van der Waals surface area contributed by atoms with Crippen molar-refractivity contribution < 1.29 is 9.53 Å². The van der Waals surface area contributed by atoms with Gasteiger partial charge in [-0.25, -0.2) is 4.79 Å². The van der Waals surface area contributed by atoms with Gasteiger partial charge in [0.25, 0.3) is 0 Å². The van der Waals surface area contributed by atoms with E-state index in [0.717, 1.165) is 4.88 Å². The highest BCUT2D eigenvalue weighted by atomic mass is 32.1. The highest BCUT2D eigenvalue weighted by molar-refractivity contribution is 7.09. The summed E-state index contributed by atoms with van der Waals surface area (Å²) in [6.45, 7) is 1.17. The average molecular weight is 227 g/mol. The zero-order valence-corrected chi connectivity index (χ0v) is 9.24. The van der Waals surface area contributed by atoms with Crippen molar-refractivity contribution in [1.29, 1.82) is 0 Å². The molecule has 0 saturated carbocycles. The van der Waals surface area contributed by atoms with Crippen LogP contribution >= 0.6 is 11.3 Å². The Kier molecular flexibility index (Phi) is 2.88. The molecule has 2 unspecified atom stereocenters. The predicted molar refractivity (Wildman–Crippen MR) is 56.8 cm³/mol. The van der Waals surface area contributed by atoms with Crippen LogP contribution in [-0.2, 0) is 4.74 Å². The molecule has 0 spiro atoms. The maximum Gasteiger partial charge on any atom is 0.409 e. The lowest BCUT2D eigenvalue weighted by molar-refractivity contribution is 0.132. The molecule has 1 aromatic heterocycles. The second-order valence-corrected chi connectivity index (χ2v) is 4.47. The Hall–Kier alpha value is -1.14. The third-order valence-electron chi connectivity index (χ3n) is 2.61. The van der Waals surface area contributed by atoms with Crippen LogP contribution in [-0.4, -0.2) is 42.2 Å². The van der Waals surface area contributed by atoms with Crippen LogP contribution in [0.15, 0.2) is 11.7 Å². The molecule has 2 heterocycles. The summed E-state index contributed by atoms with van der Waals surface area (Å²) in [6, 6.07) is -0.0236. The molecule has 2 N–H and O–H groups in total. The molecule has 1 aromatic rings. The SMILES string of the molecule is COC(=O)N1CC(N)C(c2cncs2)C1. The van der Waals surface area contributed by atoms with Gasteiger partial charge in [0.1, 0.15) is 0 Å². The number of aromatic nitrogens is 1. The third-order valence-corrected chi connectivity index (χ3v) is 3.52. The first kappa shape index (κ1) is 10.4. The monoisotopic (exact) mass is 227 g/mol. The summed E-state index contributed by atoms with van der Waals surface area (Å²) in [5, 5.41) is 0. The molecule has 6 heteroatoms. The average Bonchev–Trinajstić information content (AvgIpc) is 2.84. The fourth-order valence-corrected chi connectivity index (χ4v) is 2.61. The summed E-state index contributed by atoms with van der Waals surface area (Å²) in [4.78, 5) is 18.1. The van der Waals surface area contributed by atoms with Crippen LogP contribution in [0.4, 0.5) is 4.79 Å². The molecule has 1 aliphatic heterocycles. The molecule has 1 aliphatic rings. The van der Waals surface area contributed by atoms with Crippen LogP contribution in [0.2, 0.25) is 0 Å². The lowest BCUT2D eigenvalue weighted by Gasteiger charge is -2.13. The fourth-order valence-electron chi connectivity index (χ4n) is 1.82. The molecule has 2 rings (SSSR count).